The fraction of sp³-hybridized carbons (Fsp3) is 0.235. The van der Waals surface area contributed by atoms with Crippen LogP contribution in [0.4, 0.5) is 0 Å². The van der Waals surface area contributed by atoms with Crippen LogP contribution in [-0.2, 0) is 9.47 Å². The molecule has 0 bridgehead atoms. The number of halogens is 1. The number of methoxy groups -OCH3 is 1. The summed E-state index contributed by atoms with van der Waals surface area (Å²) in [6.45, 7) is 2.67. The van der Waals surface area contributed by atoms with Crippen molar-refractivity contribution in [1.82, 2.24) is 4.98 Å². The lowest BCUT2D eigenvalue weighted by Gasteiger charge is -2.06. The summed E-state index contributed by atoms with van der Waals surface area (Å²) in [7, 11) is 1.25. The maximum Gasteiger partial charge on any atom is 0.342 e. The van der Waals surface area contributed by atoms with Gasteiger partial charge in [-0.05, 0) is 37.6 Å². The average Bonchev–Trinajstić information content (AvgIpc) is 2.86. The van der Waals surface area contributed by atoms with E-state index in [0.29, 0.717) is 11.3 Å². The Morgan fingerprint density at radius 1 is 1.20 bits per heavy atom. The molecule has 2 N–H and O–H groups in total. The van der Waals surface area contributed by atoms with Gasteiger partial charge < -0.3 is 19.6 Å². The fourth-order valence-electron chi connectivity index (χ4n) is 2.40. The molecule has 1 aromatic carbocycles. The van der Waals surface area contributed by atoms with E-state index in [1.807, 2.05) is 0 Å². The summed E-state index contributed by atoms with van der Waals surface area (Å²) in [4.78, 5) is 38.8. The maximum atomic E-state index is 12.3. The number of nitrogens with one attached hydrogen (secondary N) is 1. The van der Waals surface area contributed by atoms with Crippen LogP contribution in [0.15, 0.2) is 18.2 Å². The number of phenolic OH excluding ortho intramolecular Hbond substituents is 1. The summed E-state index contributed by atoms with van der Waals surface area (Å²) in [5, 5.41) is 9.95. The number of hydrogen-bond donors (Lipinski definition) is 2. The highest BCUT2D eigenvalue weighted by molar-refractivity contribution is 6.30. The number of phenols is 1. The zero-order chi connectivity index (χ0) is 18.7. The SMILES string of the molecule is COC(=O)c1c(C)[nH]c(C(=O)COC(=O)c2ccc(Cl)cc2O)c1C. The van der Waals surface area contributed by atoms with E-state index in [0.717, 1.165) is 0 Å². The van der Waals surface area contributed by atoms with Crippen molar-refractivity contribution < 1.29 is 29.0 Å². The van der Waals surface area contributed by atoms with Crippen LogP contribution in [0.2, 0.25) is 5.02 Å². The first-order chi connectivity index (χ1) is 11.8. The lowest BCUT2D eigenvalue weighted by molar-refractivity contribution is 0.0470. The van der Waals surface area contributed by atoms with Gasteiger partial charge in [0.05, 0.1) is 18.4 Å². The summed E-state index contributed by atoms with van der Waals surface area (Å²) in [5.74, 6) is -2.28. The lowest BCUT2D eigenvalue weighted by atomic mass is 10.1. The van der Waals surface area contributed by atoms with Crippen molar-refractivity contribution in [1.29, 1.82) is 0 Å². The van der Waals surface area contributed by atoms with Crippen molar-refractivity contribution in [2.45, 2.75) is 13.8 Å². The molecule has 1 heterocycles. The number of ether oxygens (including phenoxy) is 2. The smallest absolute Gasteiger partial charge is 0.342 e. The lowest BCUT2D eigenvalue weighted by Crippen LogP contribution is -2.15. The minimum absolute atomic E-state index is 0.105. The van der Waals surface area contributed by atoms with E-state index in [1.165, 1.54) is 25.3 Å². The Morgan fingerprint density at radius 3 is 2.48 bits per heavy atom. The van der Waals surface area contributed by atoms with E-state index in [2.05, 4.69) is 9.72 Å². The van der Waals surface area contributed by atoms with Gasteiger partial charge in [0.15, 0.2) is 6.61 Å². The minimum atomic E-state index is -0.864. The van der Waals surface area contributed by atoms with Gasteiger partial charge in [0.25, 0.3) is 0 Å². The molecule has 2 aromatic rings. The van der Waals surface area contributed by atoms with Crippen molar-refractivity contribution in [3.63, 3.8) is 0 Å². The fourth-order valence-corrected chi connectivity index (χ4v) is 2.56. The Bertz CT molecular complexity index is 855. The molecule has 132 valence electrons. The highest BCUT2D eigenvalue weighted by atomic mass is 35.5. The van der Waals surface area contributed by atoms with Gasteiger partial charge in [-0.15, -0.1) is 0 Å². The van der Waals surface area contributed by atoms with Crippen molar-refractivity contribution in [2.75, 3.05) is 13.7 Å². The van der Waals surface area contributed by atoms with Gasteiger partial charge in [0.1, 0.15) is 11.3 Å². The topological polar surface area (TPSA) is 106 Å². The maximum absolute atomic E-state index is 12.3. The summed E-state index contributed by atoms with van der Waals surface area (Å²) in [5.41, 5.74) is 1.22. The molecule has 0 aliphatic rings. The van der Waals surface area contributed by atoms with Gasteiger partial charge in [0.2, 0.25) is 5.78 Å². The molecule has 0 unspecified atom stereocenters. The second-order valence-electron chi connectivity index (χ2n) is 5.28. The summed E-state index contributed by atoms with van der Waals surface area (Å²) in [6, 6.07) is 3.91. The number of Topliss-reactive ketones (excluding diaryl/α,β-unsaturated/α-hetero) is 1. The molecule has 0 atom stereocenters. The third kappa shape index (κ3) is 3.83. The van der Waals surface area contributed by atoms with Crippen LogP contribution in [0.25, 0.3) is 0 Å². The number of aryl methyl sites for hydroxylation is 1. The van der Waals surface area contributed by atoms with Crippen molar-refractivity contribution in [2.24, 2.45) is 0 Å². The molecule has 0 amide bonds. The average molecular weight is 366 g/mol. The number of carbonyl (C=O) groups is 3. The highest BCUT2D eigenvalue weighted by Crippen LogP contribution is 2.23. The first kappa shape index (κ1) is 18.5. The molecule has 0 spiro atoms. The second-order valence-corrected chi connectivity index (χ2v) is 5.71. The molecule has 8 heteroatoms. The number of carbonyl (C=O) groups excluding carboxylic acids is 3. The summed E-state index contributed by atoms with van der Waals surface area (Å²) in [6.07, 6.45) is 0. The van der Waals surface area contributed by atoms with Gasteiger partial charge in [-0.2, -0.15) is 0 Å². The summed E-state index contributed by atoms with van der Waals surface area (Å²) >= 11 is 5.69. The molecule has 0 saturated heterocycles. The molecule has 0 aliphatic carbocycles. The van der Waals surface area contributed by atoms with Gasteiger partial charge >= 0.3 is 11.9 Å². The Hall–Kier alpha value is -2.80. The van der Waals surface area contributed by atoms with Crippen LogP contribution >= 0.6 is 11.6 Å². The van der Waals surface area contributed by atoms with Crippen molar-refractivity contribution in [3.8, 4) is 5.75 Å². The quantitative estimate of drug-likeness (QED) is 0.623. The van der Waals surface area contributed by atoms with E-state index >= 15 is 0 Å². The minimum Gasteiger partial charge on any atom is -0.507 e. The second kappa shape index (κ2) is 7.40. The Balaban J connectivity index is 2.13. The molecule has 7 nitrogen and oxygen atoms in total. The predicted molar refractivity (Wildman–Crippen MR) is 89.3 cm³/mol. The van der Waals surface area contributed by atoms with Gasteiger partial charge in [0, 0.05) is 10.7 Å². The molecule has 1 aromatic heterocycles. The monoisotopic (exact) mass is 365 g/mol. The summed E-state index contributed by atoms with van der Waals surface area (Å²) < 4.78 is 9.60. The number of aromatic amines is 1. The van der Waals surface area contributed by atoms with Gasteiger partial charge in [-0.3, -0.25) is 4.79 Å². The first-order valence-corrected chi connectivity index (χ1v) is 7.60. The van der Waals surface area contributed by atoms with Crippen LogP contribution < -0.4 is 0 Å². The molecule has 0 saturated carbocycles. The molecular formula is C17H16ClNO6. The number of H-pyrrole nitrogens is 1. The molecule has 0 aliphatic heterocycles. The predicted octanol–water partition coefficient (Wildman–Crippen LogP) is 2.82. The number of aromatic hydroxyl groups is 1. The van der Waals surface area contributed by atoms with Crippen LogP contribution in [0.5, 0.6) is 5.75 Å². The molecule has 0 radical (unpaired) electrons. The van der Waals surface area contributed by atoms with E-state index in [4.69, 9.17) is 16.3 Å². The third-order valence-electron chi connectivity index (χ3n) is 3.62. The first-order valence-electron chi connectivity index (χ1n) is 7.22. The van der Waals surface area contributed by atoms with E-state index in [1.54, 1.807) is 13.8 Å². The largest absolute Gasteiger partial charge is 0.507 e. The van der Waals surface area contributed by atoms with Crippen molar-refractivity contribution >= 4 is 29.3 Å². The van der Waals surface area contributed by atoms with Crippen LogP contribution in [-0.4, -0.2) is 41.5 Å². The van der Waals surface area contributed by atoms with Gasteiger partial charge in [-0.1, -0.05) is 11.6 Å². The van der Waals surface area contributed by atoms with Crippen LogP contribution in [0, 0.1) is 13.8 Å². The number of esters is 2. The standard InChI is InChI=1S/C17H16ClNO6/c1-8-14(17(23)24-3)9(2)19-15(8)13(21)7-25-16(22)11-5-4-10(18)6-12(11)20/h4-6,19-20H,7H2,1-3H3. The van der Waals surface area contributed by atoms with E-state index in [9.17, 15) is 19.5 Å². The van der Waals surface area contributed by atoms with Gasteiger partial charge in [-0.25, -0.2) is 9.59 Å². The highest BCUT2D eigenvalue weighted by Gasteiger charge is 2.23. The Labute approximate surface area is 148 Å². The Kier molecular flexibility index (Phi) is 5.48. The molecule has 25 heavy (non-hydrogen) atoms. The zero-order valence-corrected chi connectivity index (χ0v) is 14.6. The van der Waals surface area contributed by atoms with Crippen LogP contribution in [0.1, 0.15) is 42.5 Å². The van der Waals surface area contributed by atoms with Crippen LogP contribution in [0.3, 0.4) is 0 Å². The zero-order valence-electron chi connectivity index (χ0n) is 13.8. The van der Waals surface area contributed by atoms with E-state index in [-0.39, 0.29) is 27.6 Å². The molecule has 2 rings (SSSR count). The number of ketones is 1. The normalized spacial score (nSPS) is 10.4. The number of benzene rings is 1. The molecular weight excluding hydrogens is 350 g/mol. The number of aromatic nitrogens is 1. The van der Waals surface area contributed by atoms with E-state index < -0.39 is 24.3 Å². The number of hydrogen-bond acceptors (Lipinski definition) is 6. The Morgan fingerprint density at radius 2 is 1.88 bits per heavy atom. The number of rotatable bonds is 5. The van der Waals surface area contributed by atoms with Crippen molar-refractivity contribution in [3.05, 3.63) is 51.3 Å². The third-order valence-corrected chi connectivity index (χ3v) is 3.86. The molecule has 0 fully saturated rings.